The van der Waals surface area contributed by atoms with Crippen molar-refractivity contribution in [3.63, 3.8) is 0 Å². The molecule has 0 aliphatic heterocycles. The van der Waals surface area contributed by atoms with Crippen molar-refractivity contribution in [1.82, 2.24) is 0 Å². The van der Waals surface area contributed by atoms with Gasteiger partial charge in [-0.05, 0) is 41.2 Å². The van der Waals surface area contributed by atoms with Gasteiger partial charge in [0.05, 0.1) is 12.2 Å². The highest BCUT2D eigenvalue weighted by Crippen LogP contribution is 2.30. The Bertz CT molecular complexity index is 564. The lowest BCUT2D eigenvalue weighted by atomic mass is 9.87. The first kappa shape index (κ1) is 13.6. The second kappa shape index (κ2) is 5.04. The first-order valence-electron chi connectivity index (χ1n) is 6.63. The van der Waals surface area contributed by atoms with Crippen LogP contribution in [0.5, 0.6) is 0 Å². The minimum absolute atomic E-state index is 0.00946. The molecule has 0 saturated carbocycles. The highest BCUT2D eigenvalue weighted by molar-refractivity contribution is 5.91. The highest BCUT2D eigenvalue weighted by atomic mass is 16.5. The first-order chi connectivity index (χ1) is 8.91. The van der Waals surface area contributed by atoms with Crippen molar-refractivity contribution in [3.05, 3.63) is 47.5 Å². The number of carbonyl (C=O) groups excluding carboxylic acids is 1. The third-order valence-corrected chi connectivity index (χ3v) is 3.20. The summed E-state index contributed by atoms with van der Waals surface area (Å²) < 4.78 is 5.12. The Hall–Kier alpha value is -1.83. The molecule has 0 aromatic heterocycles. The molecule has 0 radical (unpaired) electrons. The Labute approximate surface area is 114 Å². The molecule has 2 aliphatic rings. The van der Waals surface area contributed by atoms with E-state index < -0.39 is 0 Å². The SMILES string of the molecule is CCOC(=O)c1cc2cccc-2cc(C(C)(C)C)c1. The van der Waals surface area contributed by atoms with E-state index in [9.17, 15) is 4.79 Å². The molecule has 2 heteroatoms. The van der Waals surface area contributed by atoms with Gasteiger partial charge in [-0.1, -0.05) is 45.0 Å². The molecule has 0 saturated heterocycles. The first-order valence-corrected chi connectivity index (χ1v) is 6.63. The number of rotatable bonds is 2. The lowest BCUT2D eigenvalue weighted by molar-refractivity contribution is 0.0526. The van der Waals surface area contributed by atoms with E-state index in [4.69, 9.17) is 4.74 Å². The van der Waals surface area contributed by atoms with E-state index in [1.54, 1.807) is 0 Å². The molecule has 100 valence electrons. The maximum atomic E-state index is 12.0. The molecule has 0 amide bonds. The van der Waals surface area contributed by atoms with Crippen molar-refractivity contribution in [3.8, 4) is 11.1 Å². The van der Waals surface area contributed by atoms with E-state index in [0.29, 0.717) is 12.2 Å². The minimum Gasteiger partial charge on any atom is -0.462 e. The largest absolute Gasteiger partial charge is 0.462 e. The van der Waals surface area contributed by atoms with Gasteiger partial charge in [0.15, 0.2) is 0 Å². The molecule has 2 nitrogen and oxygen atoms in total. The topological polar surface area (TPSA) is 26.3 Å². The third kappa shape index (κ3) is 2.95. The van der Waals surface area contributed by atoms with Crippen molar-refractivity contribution in [2.75, 3.05) is 6.61 Å². The molecular formula is C17H20O2. The number of ether oxygens (including phenoxy) is 1. The van der Waals surface area contributed by atoms with Crippen LogP contribution in [0.25, 0.3) is 11.1 Å². The molecule has 0 bridgehead atoms. The summed E-state index contributed by atoms with van der Waals surface area (Å²) in [5.41, 5.74) is 3.97. The second-order valence-corrected chi connectivity index (χ2v) is 5.75. The van der Waals surface area contributed by atoms with Gasteiger partial charge in [0.2, 0.25) is 0 Å². The number of hydrogen-bond donors (Lipinski definition) is 0. The van der Waals surface area contributed by atoms with Crippen LogP contribution in [0.3, 0.4) is 0 Å². The van der Waals surface area contributed by atoms with Crippen LogP contribution < -0.4 is 0 Å². The van der Waals surface area contributed by atoms with Crippen molar-refractivity contribution in [2.45, 2.75) is 33.1 Å². The van der Waals surface area contributed by atoms with Gasteiger partial charge in [0.1, 0.15) is 0 Å². The zero-order chi connectivity index (χ0) is 14.0. The summed E-state index contributed by atoms with van der Waals surface area (Å²) in [4.78, 5) is 12.0. The van der Waals surface area contributed by atoms with Crippen LogP contribution in [0.4, 0.5) is 0 Å². The lowest BCUT2D eigenvalue weighted by Crippen LogP contribution is -2.11. The summed E-state index contributed by atoms with van der Waals surface area (Å²) >= 11 is 0. The van der Waals surface area contributed by atoms with Gasteiger partial charge in [-0.25, -0.2) is 4.79 Å². The van der Waals surface area contributed by atoms with Gasteiger partial charge in [-0.3, -0.25) is 0 Å². The lowest BCUT2D eigenvalue weighted by Gasteiger charge is -2.18. The van der Waals surface area contributed by atoms with Gasteiger partial charge < -0.3 is 4.74 Å². The number of fused-ring (bicyclic) bond motifs is 1. The summed E-state index contributed by atoms with van der Waals surface area (Å²) in [6.45, 7) is 8.65. The fourth-order valence-corrected chi connectivity index (χ4v) is 2.06. The second-order valence-electron chi connectivity index (χ2n) is 5.75. The van der Waals surface area contributed by atoms with E-state index in [2.05, 4.69) is 32.9 Å². The fourth-order valence-electron chi connectivity index (χ4n) is 2.06. The maximum absolute atomic E-state index is 12.0. The molecule has 2 aliphatic carbocycles. The predicted octanol–water partition coefficient (Wildman–Crippen LogP) is 4.27. The molecule has 0 aromatic carbocycles. The zero-order valence-electron chi connectivity index (χ0n) is 12.0. The van der Waals surface area contributed by atoms with E-state index in [1.807, 2.05) is 31.2 Å². The maximum Gasteiger partial charge on any atom is 0.338 e. The van der Waals surface area contributed by atoms with Crippen molar-refractivity contribution in [2.24, 2.45) is 0 Å². The van der Waals surface area contributed by atoms with E-state index in [1.165, 1.54) is 0 Å². The molecule has 0 atom stereocenters. The van der Waals surface area contributed by atoms with Crippen LogP contribution in [0, 0.1) is 0 Å². The monoisotopic (exact) mass is 256 g/mol. The Kier molecular flexibility index (Phi) is 3.61. The molecule has 0 aromatic rings. The van der Waals surface area contributed by atoms with Gasteiger partial charge in [0, 0.05) is 0 Å². The number of hydrogen-bond acceptors (Lipinski definition) is 2. The summed E-state index contributed by atoms with van der Waals surface area (Å²) in [6.07, 6.45) is 0. The minimum atomic E-state index is -0.258. The highest BCUT2D eigenvalue weighted by Gasteiger charge is 2.18. The Balaban J connectivity index is 2.61. The van der Waals surface area contributed by atoms with Gasteiger partial charge in [-0.15, -0.1) is 0 Å². The van der Waals surface area contributed by atoms with E-state index in [0.717, 1.165) is 16.7 Å². The molecule has 0 unspecified atom stereocenters. The predicted molar refractivity (Wildman–Crippen MR) is 77.7 cm³/mol. The summed E-state index contributed by atoms with van der Waals surface area (Å²) in [5, 5.41) is 0. The zero-order valence-corrected chi connectivity index (χ0v) is 12.0. The Morgan fingerprint density at radius 2 is 1.74 bits per heavy atom. The van der Waals surface area contributed by atoms with Crippen LogP contribution in [-0.4, -0.2) is 12.6 Å². The molecule has 0 heterocycles. The van der Waals surface area contributed by atoms with Crippen molar-refractivity contribution < 1.29 is 9.53 Å². The standard InChI is InChI=1S/C17H20O2/c1-5-19-16(18)14-9-12-7-6-8-13(12)10-15(11-14)17(2,3)4/h6-11H,5H2,1-4H3. The molecule has 19 heavy (non-hydrogen) atoms. The van der Waals surface area contributed by atoms with E-state index >= 15 is 0 Å². The van der Waals surface area contributed by atoms with Crippen LogP contribution in [0.2, 0.25) is 0 Å². The molecule has 2 rings (SSSR count). The third-order valence-electron chi connectivity index (χ3n) is 3.20. The molecule has 0 spiro atoms. The molecule has 0 N–H and O–H groups in total. The smallest absolute Gasteiger partial charge is 0.338 e. The Morgan fingerprint density at radius 1 is 1.11 bits per heavy atom. The van der Waals surface area contributed by atoms with Gasteiger partial charge in [-0.2, -0.15) is 0 Å². The normalized spacial score (nSPS) is 11.6. The number of esters is 1. The van der Waals surface area contributed by atoms with Crippen LogP contribution in [0.15, 0.2) is 36.4 Å². The van der Waals surface area contributed by atoms with Gasteiger partial charge >= 0.3 is 5.97 Å². The van der Waals surface area contributed by atoms with Crippen molar-refractivity contribution in [1.29, 1.82) is 0 Å². The van der Waals surface area contributed by atoms with Crippen LogP contribution in [-0.2, 0) is 10.2 Å². The van der Waals surface area contributed by atoms with Gasteiger partial charge in [0.25, 0.3) is 0 Å². The molecular weight excluding hydrogens is 236 g/mol. The number of carbonyl (C=O) groups is 1. The summed E-state index contributed by atoms with van der Waals surface area (Å²) in [5.74, 6) is -0.258. The average molecular weight is 256 g/mol. The fraction of sp³-hybridized carbons (Fsp3) is 0.353. The van der Waals surface area contributed by atoms with Crippen molar-refractivity contribution >= 4 is 5.97 Å². The average Bonchev–Trinajstić information content (AvgIpc) is 2.65. The quantitative estimate of drug-likeness (QED) is 0.750. The summed E-state index contributed by atoms with van der Waals surface area (Å²) in [7, 11) is 0. The molecule has 0 fully saturated rings. The van der Waals surface area contributed by atoms with Crippen LogP contribution >= 0.6 is 0 Å². The summed E-state index contributed by atoms with van der Waals surface area (Å²) in [6, 6.07) is 12.1. The van der Waals surface area contributed by atoms with Crippen LogP contribution in [0.1, 0.15) is 43.6 Å². The Morgan fingerprint density at radius 3 is 2.32 bits per heavy atom. The van der Waals surface area contributed by atoms with E-state index in [-0.39, 0.29) is 11.4 Å².